The van der Waals surface area contributed by atoms with Gasteiger partial charge in [-0.1, -0.05) is 34.8 Å². The molecule has 0 bridgehead atoms. The molecule has 0 spiro atoms. The van der Waals surface area contributed by atoms with Gasteiger partial charge in [-0.2, -0.15) is 0 Å². The van der Waals surface area contributed by atoms with Crippen LogP contribution in [-0.4, -0.2) is 14.7 Å². The number of hydrogen-bond donors (Lipinski definition) is 1. The Morgan fingerprint density at radius 1 is 1.25 bits per heavy atom. The molecule has 1 aromatic heterocycles. The predicted molar refractivity (Wildman–Crippen MR) is 64.2 cm³/mol. The summed E-state index contributed by atoms with van der Waals surface area (Å²) in [6.07, 6.45) is 3.97. The fourth-order valence-corrected chi connectivity index (χ4v) is 2.13. The summed E-state index contributed by atoms with van der Waals surface area (Å²) in [5.41, 5.74) is 1.32. The van der Waals surface area contributed by atoms with E-state index in [1.54, 1.807) is 6.20 Å². The van der Waals surface area contributed by atoms with E-state index >= 15 is 0 Å². The highest BCUT2D eigenvalue weighted by atomic mass is 32.1. The topological polar surface area (TPSA) is 46.0 Å². The number of aromatic nitrogens is 2. The highest BCUT2D eigenvalue weighted by molar-refractivity contribution is 7.05. The number of aliphatic hydroxyl groups excluding tert-OH is 1. The van der Waals surface area contributed by atoms with Crippen molar-refractivity contribution < 1.29 is 5.11 Å². The highest BCUT2D eigenvalue weighted by Gasteiger charge is 2.09. The van der Waals surface area contributed by atoms with Crippen molar-refractivity contribution >= 4 is 11.5 Å². The minimum absolute atomic E-state index is 0.413. The van der Waals surface area contributed by atoms with Crippen LogP contribution in [0.2, 0.25) is 0 Å². The summed E-state index contributed by atoms with van der Waals surface area (Å²) >= 11 is 1.27. The second-order valence-corrected chi connectivity index (χ2v) is 4.53. The molecular formula is C12H14N2OS. The zero-order chi connectivity index (χ0) is 11.2. The first-order chi connectivity index (χ1) is 7.86. The van der Waals surface area contributed by atoms with Crippen LogP contribution in [0, 0.1) is 0 Å². The van der Waals surface area contributed by atoms with E-state index < -0.39 is 6.10 Å². The van der Waals surface area contributed by atoms with Crippen molar-refractivity contribution in [2.45, 2.75) is 25.4 Å². The Bertz CT molecular complexity index is 402. The molecule has 1 unspecified atom stereocenters. The molecule has 0 amide bonds. The first kappa shape index (κ1) is 11.2. The maximum absolute atomic E-state index is 9.82. The van der Waals surface area contributed by atoms with Crippen LogP contribution in [0.15, 0.2) is 36.5 Å². The molecule has 1 aromatic carbocycles. The van der Waals surface area contributed by atoms with Crippen molar-refractivity contribution in [3.63, 3.8) is 0 Å². The summed E-state index contributed by atoms with van der Waals surface area (Å²) in [5.74, 6) is 0. The molecule has 0 aliphatic heterocycles. The van der Waals surface area contributed by atoms with E-state index in [0.717, 1.165) is 24.1 Å². The zero-order valence-electron chi connectivity index (χ0n) is 8.91. The lowest BCUT2D eigenvalue weighted by molar-refractivity contribution is 0.168. The number of aliphatic hydroxyl groups is 1. The molecule has 16 heavy (non-hydrogen) atoms. The quantitative estimate of drug-likeness (QED) is 0.865. The van der Waals surface area contributed by atoms with Crippen LogP contribution in [0.25, 0.3) is 0 Å². The molecule has 1 heterocycles. The molecule has 84 valence electrons. The second kappa shape index (κ2) is 5.72. The molecule has 0 saturated heterocycles. The Morgan fingerprint density at radius 2 is 2.06 bits per heavy atom. The Hall–Kier alpha value is -1.26. The summed E-state index contributed by atoms with van der Waals surface area (Å²) in [7, 11) is 0. The lowest BCUT2D eigenvalue weighted by atomic mass is 10.1. The largest absolute Gasteiger partial charge is 0.387 e. The van der Waals surface area contributed by atoms with Gasteiger partial charge in [0, 0.05) is 0 Å². The first-order valence-corrected chi connectivity index (χ1v) is 6.13. The normalized spacial score (nSPS) is 12.6. The molecular weight excluding hydrogens is 220 g/mol. The van der Waals surface area contributed by atoms with Gasteiger partial charge in [-0.15, -0.1) is 5.10 Å². The standard InChI is InChI=1S/C12H14N2OS/c15-11(12-9-13-14-16-12)8-4-7-10-5-2-1-3-6-10/h1-3,5-6,9,11,15H,4,7-8H2. The summed E-state index contributed by atoms with van der Waals surface area (Å²) in [6.45, 7) is 0. The van der Waals surface area contributed by atoms with Crippen molar-refractivity contribution in [3.05, 3.63) is 47.0 Å². The van der Waals surface area contributed by atoms with Gasteiger partial charge in [0.2, 0.25) is 0 Å². The minimum atomic E-state index is -0.413. The van der Waals surface area contributed by atoms with Crippen molar-refractivity contribution in [2.24, 2.45) is 0 Å². The SMILES string of the molecule is OC(CCCc1ccccc1)c1cnns1. The van der Waals surface area contributed by atoms with Crippen LogP contribution in [0.1, 0.15) is 29.4 Å². The third kappa shape index (κ3) is 3.12. The lowest BCUT2D eigenvalue weighted by Crippen LogP contribution is -1.96. The van der Waals surface area contributed by atoms with Crippen LogP contribution >= 0.6 is 11.5 Å². The van der Waals surface area contributed by atoms with E-state index in [0.29, 0.717) is 0 Å². The Kier molecular flexibility index (Phi) is 4.02. The summed E-state index contributed by atoms with van der Waals surface area (Å²) < 4.78 is 3.74. The summed E-state index contributed by atoms with van der Waals surface area (Å²) in [6, 6.07) is 10.3. The molecule has 1 atom stereocenters. The van der Waals surface area contributed by atoms with E-state index in [-0.39, 0.29) is 0 Å². The van der Waals surface area contributed by atoms with Crippen LogP contribution in [-0.2, 0) is 6.42 Å². The van der Waals surface area contributed by atoms with E-state index in [2.05, 4.69) is 21.7 Å². The Morgan fingerprint density at radius 3 is 2.75 bits per heavy atom. The van der Waals surface area contributed by atoms with Crippen molar-refractivity contribution in [3.8, 4) is 0 Å². The van der Waals surface area contributed by atoms with Crippen LogP contribution in [0.4, 0.5) is 0 Å². The van der Waals surface area contributed by atoms with E-state index in [9.17, 15) is 5.11 Å². The van der Waals surface area contributed by atoms with E-state index in [4.69, 9.17) is 0 Å². The third-order valence-corrected chi connectivity index (χ3v) is 3.26. The molecule has 0 fully saturated rings. The first-order valence-electron chi connectivity index (χ1n) is 5.35. The zero-order valence-corrected chi connectivity index (χ0v) is 9.73. The van der Waals surface area contributed by atoms with Gasteiger partial charge in [-0.3, -0.25) is 0 Å². The van der Waals surface area contributed by atoms with Gasteiger partial charge >= 0.3 is 0 Å². The molecule has 0 radical (unpaired) electrons. The van der Waals surface area contributed by atoms with Gasteiger partial charge in [0.25, 0.3) is 0 Å². The van der Waals surface area contributed by atoms with Gasteiger partial charge in [0.1, 0.15) is 0 Å². The van der Waals surface area contributed by atoms with Crippen molar-refractivity contribution in [1.29, 1.82) is 0 Å². The summed E-state index contributed by atoms with van der Waals surface area (Å²) in [4.78, 5) is 0.855. The second-order valence-electron chi connectivity index (χ2n) is 3.71. The fourth-order valence-electron chi connectivity index (χ4n) is 1.61. The maximum atomic E-state index is 9.82. The number of nitrogens with zero attached hydrogens (tertiary/aromatic N) is 2. The van der Waals surface area contributed by atoms with Crippen LogP contribution in [0.5, 0.6) is 0 Å². The van der Waals surface area contributed by atoms with Crippen molar-refractivity contribution in [2.75, 3.05) is 0 Å². The molecule has 0 saturated carbocycles. The molecule has 1 N–H and O–H groups in total. The fraction of sp³-hybridized carbons (Fsp3) is 0.333. The van der Waals surface area contributed by atoms with Crippen LogP contribution in [0.3, 0.4) is 0 Å². The predicted octanol–water partition coefficient (Wildman–Crippen LogP) is 2.59. The number of benzene rings is 1. The minimum Gasteiger partial charge on any atom is -0.387 e. The molecule has 0 aliphatic rings. The highest BCUT2D eigenvalue weighted by Crippen LogP contribution is 2.20. The van der Waals surface area contributed by atoms with Crippen molar-refractivity contribution in [1.82, 2.24) is 9.59 Å². The number of rotatable bonds is 5. The van der Waals surface area contributed by atoms with Gasteiger partial charge < -0.3 is 5.11 Å². The Labute approximate surface area is 98.9 Å². The Balaban J connectivity index is 1.76. The molecule has 0 aliphatic carbocycles. The summed E-state index contributed by atoms with van der Waals surface area (Å²) in [5, 5.41) is 13.5. The molecule has 3 nitrogen and oxygen atoms in total. The average Bonchev–Trinajstić information content (AvgIpc) is 2.84. The smallest absolute Gasteiger partial charge is 0.0914 e. The van der Waals surface area contributed by atoms with E-state index in [1.165, 1.54) is 17.1 Å². The molecule has 2 aromatic rings. The number of hydrogen-bond acceptors (Lipinski definition) is 4. The van der Waals surface area contributed by atoms with E-state index in [1.807, 2.05) is 18.2 Å². The molecule has 4 heteroatoms. The van der Waals surface area contributed by atoms with Crippen LogP contribution < -0.4 is 0 Å². The van der Waals surface area contributed by atoms with Gasteiger partial charge in [0.05, 0.1) is 17.2 Å². The lowest BCUT2D eigenvalue weighted by Gasteiger charge is -2.06. The average molecular weight is 234 g/mol. The number of aryl methyl sites for hydroxylation is 1. The van der Waals surface area contributed by atoms with Gasteiger partial charge in [0.15, 0.2) is 0 Å². The maximum Gasteiger partial charge on any atom is 0.0914 e. The molecule has 2 rings (SSSR count). The van der Waals surface area contributed by atoms with Gasteiger partial charge in [-0.05, 0) is 36.4 Å². The monoisotopic (exact) mass is 234 g/mol. The third-order valence-electron chi connectivity index (χ3n) is 2.49. The van der Waals surface area contributed by atoms with Gasteiger partial charge in [-0.25, -0.2) is 0 Å².